The van der Waals surface area contributed by atoms with Gasteiger partial charge in [0.25, 0.3) is 5.91 Å². The highest BCUT2D eigenvalue weighted by Crippen LogP contribution is 2.47. The van der Waals surface area contributed by atoms with Gasteiger partial charge in [-0.2, -0.15) is 13.2 Å². The van der Waals surface area contributed by atoms with Crippen molar-refractivity contribution in [2.45, 2.75) is 69.9 Å². The molecule has 0 radical (unpaired) electrons. The largest absolute Gasteiger partial charge is 0.417 e. The first-order valence-corrected chi connectivity index (χ1v) is 13.7. The molecule has 1 aromatic heterocycles. The number of hydrogen-bond donors (Lipinski definition) is 1. The number of ether oxygens (including phenoxy) is 1. The van der Waals surface area contributed by atoms with E-state index in [4.69, 9.17) is 4.74 Å². The lowest BCUT2D eigenvalue weighted by molar-refractivity contribution is -0.165. The van der Waals surface area contributed by atoms with Gasteiger partial charge < -0.3 is 15.0 Å². The van der Waals surface area contributed by atoms with Crippen LogP contribution in [-0.2, 0) is 22.3 Å². The van der Waals surface area contributed by atoms with E-state index in [-0.39, 0.29) is 47.4 Å². The van der Waals surface area contributed by atoms with Crippen LogP contribution in [0, 0.1) is 11.7 Å². The molecule has 3 aliphatic rings. The summed E-state index contributed by atoms with van der Waals surface area (Å²) >= 11 is 0. The molecule has 3 atom stereocenters. The maximum absolute atomic E-state index is 14.0. The highest BCUT2D eigenvalue weighted by atomic mass is 19.4. The number of nitrogens with zero attached hydrogens (tertiary/aromatic N) is 3. The van der Waals surface area contributed by atoms with Gasteiger partial charge in [0.05, 0.1) is 17.7 Å². The minimum atomic E-state index is -4.50. The van der Waals surface area contributed by atoms with Gasteiger partial charge in [-0.1, -0.05) is 0 Å². The summed E-state index contributed by atoms with van der Waals surface area (Å²) in [5.41, 5.74) is -0.617. The van der Waals surface area contributed by atoms with E-state index in [0.717, 1.165) is 50.3 Å². The predicted molar refractivity (Wildman–Crippen MR) is 140 cm³/mol. The van der Waals surface area contributed by atoms with Crippen LogP contribution < -0.4 is 10.2 Å². The fourth-order valence-corrected chi connectivity index (χ4v) is 6.04. The number of rotatable bonds is 7. The number of pyridine rings is 1. The van der Waals surface area contributed by atoms with E-state index in [1.165, 1.54) is 19.2 Å². The normalized spacial score (nSPS) is 26.0. The summed E-state index contributed by atoms with van der Waals surface area (Å²) < 4.78 is 59.5. The average molecular weight is 563 g/mol. The Morgan fingerprint density at radius 1 is 1.15 bits per heavy atom. The zero-order valence-electron chi connectivity index (χ0n) is 22.6. The molecule has 1 saturated carbocycles. The number of ketones is 1. The molecule has 11 heteroatoms. The van der Waals surface area contributed by atoms with Crippen LogP contribution in [0.15, 0.2) is 36.7 Å². The number of alkyl halides is 3. The summed E-state index contributed by atoms with van der Waals surface area (Å²) in [7, 11) is 0. The highest BCUT2D eigenvalue weighted by Gasteiger charge is 2.54. The lowest BCUT2D eigenvalue weighted by atomic mass is 9.85. The third-order valence-corrected chi connectivity index (χ3v) is 8.41. The Morgan fingerprint density at radius 2 is 1.93 bits per heavy atom. The fraction of sp³-hybridized carbons (Fsp3) is 0.552. The molecule has 1 aliphatic carbocycles. The summed E-state index contributed by atoms with van der Waals surface area (Å²) in [4.78, 5) is 33.4. The zero-order valence-corrected chi connectivity index (χ0v) is 22.6. The molecular weight excluding hydrogens is 528 g/mol. The zero-order chi connectivity index (χ0) is 28.7. The van der Waals surface area contributed by atoms with Gasteiger partial charge in [-0.05, 0) is 75.3 Å². The van der Waals surface area contributed by atoms with Crippen molar-refractivity contribution in [2.24, 2.45) is 5.92 Å². The van der Waals surface area contributed by atoms with Crippen LogP contribution in [0.4, 0.5) is 23.2 Å². The molecule has 7 nitrogen and oxygen atoms in total. The minimum absolute atomic E-state index is 0.0504. The van der Waals surface area contributed by atoms with Crippen LogP contribution >= 0.6 is 0 Å². The van der Waals surface area contributed by atoms with Gasteiger partial charge in [-0.15, -0.1) is 0 Å². The van der Waals surface area contributed by atoms with Gasteiger partial charge in [-0.3, -0.25) is 19.5 Å². The van der Waals surface area contributed by atoms with Crippen LogP contribution in [-0.4, -0.2) is 65.5 Å². The number of aromatic nitrogens is 1. The molecular formula is C29H34F4N4O3. The van der Waals surface area contributed by atoms with Crippen molar-refractivity contribution in [1.82, 2.24) is 15.2 Å². The summed E-state index contributed by atoms with van der Waals surface area (Å²) in [6.07, 6.45) is 0.688. The molecule has 2 aliphatic heterocycles. The first-order chi connectivity index (χ1) is 19.0. The van der Waals surface area contributed by atoms with Crippen molar-refractivity contribution in [1.29, 1.82) is 0 Å². The molecule has 0 bridgehead atoms. The molecule has 1 N–H and O–H groups in total. The molecule has 2 saturated heterocycles. The molecule has 1 unspecified atom stereocenters. The van der Waals surface area contributed by atoms with Crippen molar-refractivity contribution in [2.75, 3.05) is 31.1 Å². The van der Waals surface area contributed by atoms with E-state index >= 15 is 0 Å². The lowest BCUT2D eigenvalue weighted by Gasteiger charge is -2.48. The third kappa shape index (κ3) is 5.85. The number of Topliss-reactive ketones (excluding diaryl/α,β-unsaturated/α-hetero) is 1. The van der Waals surface area contributed by atoms with E-state index in [9.17, 15) is 27.2 Å². The third-order valence-electron chi connectivity index (χ3n) is 8.41. The maximum Gasteiger partial charge on any atom is 0.417 e. The Balaban J connectivity index is 1.18. The van der Waals surface area contributed by atoms with Crippen LogP contribution in [0.2, 0.25) is 0 Å². The molecule has 5 rings (SSSR count). The molecule has 1 amide bonds. The number of amides is 1. The molecule has 1 aromatic carbocycles. The minimum Gasteiger partial charge on any atom is -0.366 e. The Morgan fingerprint density at radius 3 is 2.55 bits per heavy atom. The van der Waals surface area contributed by atoms with Crippen molar-refractivity contribution in [3.63, 3.8) is 0 Å². The van der Waals surface area contributed by atoms with E-state index in [1.54, 1.807) is 12.1 Å². The number of hydrogen-bond acceptors (Lipinski definition) is 6. The summed E-state index contributed by atoms with van der Waals surface area (Å²) in [5.74, 6) is -0.990. The summed E-state index contributed by atoms with van der Waals surface area (Å²) in [6, 6.07) is 5.92. The molecule has 40 heavy (non-hydrogen) atoms. The molecule has 3 heterocycles. The number of benzene rings is 1. The van der Waals surface area contributed by atoms with Gasteiger partial charge in [0.2, 0.25) is 0 Å². The first kappa shape index (κ1) is 28.5. The quantitative estimate of drug-likeness (QED) is 0.393. The Kier molecular flexibility index (Phi) is 7.89. The summed E-state index contributed by atoms with van der Waals surface area (Å²) in [5, 5.41) is 2.81. The number of anilines is 1. The molecule has 3 fully saturated rings. The fourth-order valence-electron chi connectivity index (χ4n) is 6.04. The van der Waals surface area contributed by atoms with Gasteiger partial charge in [0.1, 0.15) is 11.4 Å². The SMILES string of the molecule is CC(=O)c1cc(N2CCN([C@@H]3CC[C@@](C(=O)NCc4cncc(C(F)(F)F)c4)(C4CC4)OC3)CC2C)ccc1F. The molecule has 0 spiro atoms. The van der Waals surface area contributed by atoms with Gasteiger partial charge in [0.15, 0.2) is 5.78 Å². The highest BCUT2D eigenvalue weighted by molar-refractivity contribution is 5.95. The number of halogens is 4. The van der Waals surface area contributed by atoms with Crippen molar-refractivity contribution in [3.05, 3.63) is 59.2 Å². The predicted octanol–water partition coefficient (Wildman–Crippen LogP) is 4.60. The second kappa shape index (κ2) is 11.1. The number of carbonyl (C=O) groups excluding carboxylic acids is 2. The van der Waals surface area contributed by atoms with Gasteiger partial charge in [0, 0.05) is 56.3 Å². The van der Waals surface area contributed by atoms with Gasteiger partial charge >= 0.3 is 6.18 Å². The number of piperazine rings is 1. The van der Waals surface area contributed by atoms with E-state index in [2.05, 4.69) is 27.0 Å². The van der Waals surface area contributed by atoms with Crippen molar-refractivity contribution < 1.29 is 31.9 Å². The monoisotopic (exact) mass is 562 g/mol. The Labute approximate surface area is 230 Å². The van der Waals surface area contributed by atoms with Crippen LogP contribution in [0.25, 0.3) is 0 Å². The smallest absolute Gasteiger partial charge is 0.366 e. The number of carbonyl (C=O) groups is 2. The van der Waals surface area contributed by atoms with E-state index in [0.29, 0.717) is 19.6 Å². The second-order valence-corrected chi connectivity index (χ2v) is 11.2. The van der Waals surface area contributed by atoms with Crippen LogP contribution in [0.3, 0.4) is 0 Å². The summed E-state index contributed by atoms with van der Waals surface area (Å²) in [6.45, 7) is 6.02. The Bertz CT molecular complexity index is 1260. The topological polar surface area (TPSA) is 74.8 Å². The number of nitrogens with one attached hydrogen (secondary N) is 1. The second-order valence-electron chi connectivity index (χ2n) is 11.2. The van der Waals surface area contributed by atoms with Crippen molar-refractivity contribution >= 4 is 17.4 Å². The molecule has 2 aromatic rings. The Hall–Kier alpha value is -3.05. The lowest BCUT2D eigenvalue weighted by Crippen LogP contribution is -2.60. The van der Waals surface area contributed by atoms with Gasteiger partial charge in [-0.25, -0.2) is 4.39 Å². The standard InChI is InChI=1S/C29H34F4N4O3/c1-18-16-36(9-10-37(18)23-5-6-26(30)25(12-23)19(2)38)24-7-8-28(40-17-24,21-3-4-21)27(39)35-14-20-11-22(15-34-13-20)29(31,32)33/h5-6,11-13,15,18,21,24H,3-4,7-10,14,16-17H2,1-2H3,(H,35,39)/t18?,24-,28+/m1/s1. The molecule has 216 valence electrons. The van der Waals surface area contributed by atoms with Crippen LogP contribution in [0.1, 0.15) is 61.0 Å². The first-order valence-electron chi connectivity index (χ1n) is 13.7. The maximum atomic E-state index is 14.0. The van der Waals surface area contributed by atoms with E-state index in [1.807, 2.05) is 0 Å². The van der Waals surface area contributed by atoms with Crippen LogP contribution in [0.5, 0.6) is 0 Å². The average Bonchev–Trinajstić information content (AvgIpc) is 3.78. The van der Waals surface area contributed by atoms with Crippen molar-refractivity contribution in [3.8, 4) is 0 Å². The van der Waals surface area contributed by atoms with E-state index < -0.39 is 23.2 Å².